The average molecular weight is 356 g/mol. The van der Waals surface area contributed by atoms with Crippen LogP contribution in [0.15, 0.2) is 36.4 Å². The Bertz CT molecular complexity index is 825. The second kappa shape index (κ2) is 8.80. The van der Waals surface area contributed by atoms with Gasteiger partial charge in [0.1, 0.15) is 5.75 Å². The number of aldehydes is 1. The van der Waals surface area contributed by atoms with Crippen molar-refractivity contribution >= 4 is 18.2 Å². The van der Waals surface area contributed by atoms with E-state index < -0.39 is 11.9 Å². The van der Waals surface area contributed by atoms with E-state index in [1.54, 1.807) is 36.4 Å². The van der Waals surface area contributed by atoms with Gasteiger partial charge in [-0.1, -0.05) is 17.7 Å². The number of hydrogen-bond acceptors (Lipinski definition) is 6. The highest BCUT2D eigenvalue weighted by Crippen LogP contribution is 2.28. The van der Waals surface area contributed by atoms with Crippen LogP contribution in [-0.4, -0.2) is 25.3 Å². The molecule has 0 fully saturated rings. The fourth-order valence-electron chi connectivity index (χ4n) is 2.26. The third kappa shape index (κ3) is 5.17. The Morgan fingerprint density at radius 3 is 1.96 bits per heavy atom. The van der Waals surface area contributed by atoms with Crippen molar-refractivity contribution in [3.63, 3.8) is 0 Å². The summed E-state index contributed by atoms with van der Waals surface area (Å²) in [4.78, 5) is 34.9. The first kappa shape index (κ1) is 19.2. The molecule has 0 N–H and O–H groups in total. The first-order valence-electron chi connectivity index (χ1n) is 8.04. The summed E-state index contributed by atoms with van der Waals surface area (Å²) in [5.41, 5.74) is 2.13. The van der Waals surface area contributed by atoms with Crippen molar-refractivity contribution in [2.75, 3.05) is 7.11 Å². The number of esters is 2. The van der Waals surface area contributed by atoms with Crippen molar-refractivity contribution in [1.29, 1.82) is 0 Å². The standard InChI is InChI=1S/C20H20O6/c1-13-4-6-16(15(10-13)12-21)25-19(22)8-9-20(23)26-17-7-5-14(2)11-18(17)24-3/h4-7,10-12H,8-9H2,1-3H3. The van der Waals surface area contributed by atoms with Gasteiger partial charge in [-0.3, -0.25) is 14.4 Å². The summed E-state index contributed by atoms with van der Waals surface area (Å²) in [6.45, 7) is 3.72. The lowest BCUT2D eigenvalue weighted by molar-refractivity contribution is -0.140. The number of benzene rings is 2. The maximum absolute atomic E-state index is 11.9. The Morgan fingerprint density at radius 1 is 0.846 bits per heavy atom. The van der Waals surface area contributed by atoms with Crippen LogP contribution in [0.25, 0.3) is 0 Å². The van der Waals surface area contributed by atoms with Crippen LogP contribution < -0.4 is 14.2 Å². The Kier molecular flexibility index (Phi) is 6.49. The van der Waals surface area contributed by atoms with Crippen molar-refractivity contribution in [3.05, 3.63) is 53.1 Å². The monoisotopic (exact) mass is 356 g/mol. The quantitative estimate of drug-likeness (QED) is 0.430. The molecule has 0 atom stereocenters. The fourth-order valence-corrected chi connectivity index (χ4v) is 2.26. The maximum atomic E-state index is 11.9. The van der Waals surface area contributed by atoms with Gasteiger partial charge < -0.3 is 14.2 Å². The third-order valence-electron chi connectivity index (χ3n) is 3.59. The fraction of sp³-hybridized carbons (Fsp3) is 0.250. The Labute approximate surface area is 151 Å². The predicted octanol–water partition coefficient (Wildman–Crippen LogP) is 3.42. The Morgan fingerprint density at radius 2 is 1.38 bits per heavy atom. The predicted molar refractivity (Wildman–Crippen MR) is 94.8 cm³/mol. The third-order valence-corrected chi connectivity index (χ3v) is 3.59. The number of ether oxygens (including phenoxy) is 3. The summed E-state index contributed by atoms with van der Waals surface area (Å²) in [5.74, 6) is -0.299. The highest BCUT2D eigenvalue weighted by Gasteiger charge is 2.15. The second-order valence-electron chi connectivity index (χ2n) is 5.76. The smallest absolute Gasteiger partial charge is 0.311 e. The van der Waals surface area contributed by atoms with Gasteiger partial charge in [0.15, 0.2) is 17.8 Å². The van der Waals surface area contributed by atoms with Gasteiger partial charge in [-0.15, -0.1) is 0 Å². The van der Waals surface area contributed by atoms with Crippen molar-refractivity contribution in [2.45, 2.75) is 26.7 Å². The van der Waals surface area contributed by atoms with Gasteiger partial charge in [0.2, 0.25) is 0 Å². The van der Waals surface area contributed by atoms with E-state index >= 15 is 0 Å². The summed E-state index contributed by atoms with van der Waals surface area (Å²) in [7, 11) is 1.48. The summed E-state index contributed by atoms with van der Waals surface area (Å²) >= 11 is 0. The van der Waals surface area contributed by atoms with Crippen molar-refractivity contribution in [2.24, 2.45) is 0 Å². The van der Waals surface area contributed by atoms with Gasteiger partial charge in [0.25, 0.3) is 0 Å². The van der Waals surface area contributed by atoms with E-state index in [1.807, 2.05) is 13.8 Å². The van der Waals surface area contributed by atoms with Crippen LogP contribution in [0.5, 0.6) is 17.2 Å². The number of methoxy groups -OCH3 is 1. The topological polar surface area (TPSA) is 78.9 Å². The summed E-state index contributed by atoms with van der Waals surface area (Å²) in [6, 6.07) is 10.1. The number of carbonyl (C=O) groups is 3. The van der Waals surface area contributed by atoms with Gasteiger partial charge in [-0.2, -0.15) is 0 Å². The van der Waals surface area contributed by atoms with Gasteiger partial charge >= 0.3 is 11.9 Å². The van der Waals surface area contributed by atoms with Gasteiger partial charge in [0.05, 0.1) is 25.5 Å². The summed E-state index contributed by atoms with van der Waals surface area (Å²) < 4.78 is 15.5. The molecule has 0 amide bonds. The Balaban J connectivity index is 1.91. The zero-order chi connectivity index (χ0) is 19.1. The van der Waals surface area contributed by atoms with E-state index in [0.717, 1.165) is 11.1 Å². The number of aryl methyl sites for hydroxylation is 2. The molecular formula is C20H20O6. The molecule has 2 aromatic carbocycles. The van der Waals surface area contributed by atoms with E-state index in [0.29, 0.717) is 17.8 Å². The molecule has 0 bridgehead atoms. The van der Waals surface area contributed by atoms with Crippen LogP contribution in [-0.2, 0) is 9.59 Å². The van der Waals surface area contributed by atoms with Crippen molar-refractivity contribution in [3.8, 4) is 17.2 Å². The molecule has 6 nitrogen and oxygen atoms in total. The largest absolute Gasteiger partial charge is 0.493 e. The second-order valence-corrected chi connectivity index (χ2v) is 5.76. The van der Waals surface area contributed by atoms with E-state index in [9.17, 15) is 14.4 Å². The van der Waals surface area contributed by atoms with Crippen LogP contribution in [0.4, 0.5) is 0 Å². The molecule has 0 spiro atoms. The highest BCUT2D eigenvalue weighted by molar-refractivity contribution is 5.84. The van der Waals surface area contributed by atoms with Crippen molar-refractivity contribution < 1.29 is 28.6 Å². The number of hydrogen-bond donors (Lipinski definition) is 0. The van der Waals surface area contributed by atoms with Gasteiger partial charge in [-0.25, -0.2) is 0 Å². The summed E-state index contributed by atoms with van der Waals surface area (Å²) in [6.07, 6.45) is 0.297. The van der Waals surface area contributed by atoms with Crippen molar-refractivity contribution in [1.82, 2.24) is 0 Å². The van der Waals surface area contributed by atoms with E-state index in [1.165, 1.54) is 7.11 Å². The zero-order valence-corrected chi connectivity index (χ0v) is 14.9. The SMILES string of the molecule is COc1cc(C)ccc1OC(=O)CCC(=O)Oc1ccc(C)cc1C=O. The van der Waals surface area contributed by atoms with Crippen LogP contribution in [0.2, 0.25) is 0 Å². The maximum Gasteiger partial charge on any atom is 0.311 e. The van der Waals surface area contributed by atoms with Crippen LogP contribution >= 0.6 is 0 Å². The molecule has 0 radical (unpaired) electrons. The molecule has 0 aliphatic heterocycles. The van der Waals surface area contributed by atoms with E-state index in [2.05, 4.69) is 0 Å². The molecule has 0 aliphatic rings. The minimum atomic E-state index is -0.621. The molecule has 26 heavy (non-hydrogen) atoms. The molecule has 2 rings (SSSR count). The van der Waals surface area contributed by atoms with Crippen LogP contribution in [0, 0.1) is 13.8 Å². The highest BCUT2D eigenvalue weighted by atomic mass is 16.6. The molecule has 6 heteroatoms. The van der Waals surface area contributed by atoms with Crippen LogP contribution in [0.1, 0.15) is 34.3 Å². The lowest BCUT2D eigenvalue weighted by atomic mass is 10.1. The first-order chi connectivity index (χ1) is 12.4. The normalized spacial score (nSPS) is 10.1. The molecule has 0 unspecified atom stereocenters. The Hall–Kier alpha value is -3.15. The molecule has 0 aromatic heterocycles. The minimum absolute atomic E-state index is 0.155. The number of carbonyl (C=O) groups excluding carboxylic acids is 3. The number of rotatable bonds is 7. The minimum Gasteiger partial charge on any atom is -0.493 e. The zero-order valence-electron chi connectivity index (χ0n) is 14.9. The average Bonchev–Trinajstić information content (AvgIpc) is 2.62. The van der Waals surface area contributed by atoms with E-state index in [-0.39, 0.29) is 24.2 Å². The van der Waals surface area contributed by atoms with Crippen LogP contribution in [0.3, 0.4) is 0 Å². The van der Waals surface area contributed by atoms with E-state index in [4.69, 9.17) is 14.2 Å². The molecule has 0 aliphatic carbocycles. The lowest BCUT2D eigenvalue weighted by Crippen LogP contribution is -2.15. The van der Waals surface area contributed by atoms with Gasteiger partial charge in [0, 0.05) is 0 Å². The molecule has 0 saturated carbocycles. The van der Waals surface area contributed by atoms with Gasteiger partial charge in [-0.05, 0) is 43.7 Å². The molecule has 0 saturated heterocycles. The summed E-state index contributed by atoms with van der Waals surface area (Å²) in [5, 5.41) is 0. The molecule has 136 valence electrons. The first-order valence-corrected chi connectivity index (χ1v) is 8.04. The lowest BCUT2D eigenvalue weighted by Gasteiger charge is -2.10. The molecular weight excluding hydrogens is 336 g/mol. The molecule has 2 aromatic rings. The molecule has 0 heterocycles.